The van der Waals surface area contributed by atoms with Gasteiger partial charge in [0.15, 0.2) is 0 Å². The highest BCUT2D eigenvalue weighted by atomic mass is 32.2. The van der Waals surface area contributed by atoms with Crippen molar-refractivity contribution >= 4 is 52.0 Å². The van der Waals surface area contributed by atoms with Crippen LogP contribution in [0.25, 0.3) is 6.08 Å². The summed E-state index contributed by atoms with van der Waals surface area (Å²) in [6, 6.07) is 14.9. The van der Waals surface area contributed by atoms with Crippen LogP contribution in [0.1, 0.15) is 5.56 Å². The Bertz CT molecular complexity index is 786. The summed E-state index contributed by atoms with van der Waals surface area (Å²) in [6.07, 6.45) is 1.82. The zero-order valence-electron chi connectivity index (χ0n) is 11.3. The van der Waals surface area contributed by atoms with Crippen LogP contribution >= 0.6 is 35.7 Å². The van der Waals surface area contributed by atoms with Crippen LogP contribution in [-0.4, -0.2) is 15.3 Å². The quantitative estimate of drug-likeness (QED) is 0.650. The summed E-state index contributed by atoms with van der Waals surface area (Å²) < 4.78 is 0.474. The Kier molecular flexibility index (Phi) is 4.52. The topological polar surface area (TPSA) is 49.3 Å². The average Bonchev–Trinajstić information content (AvgIpc) is 2.81. The number of carbonyl (C=O) groups excluding carboxylic acids is 1. The van der Waals surface area contributed by atoms with Crippen LogP contribution < -0.4 is 5.32 Å². The third-order valence-electron chi connectivity index (χ3n) is 2.93. The monoisotopic (exact) mass is 345 g/mol. The molecule has 3 nitrogen and oxygen atoms in total. The van der Waals surface area contributed by atoms with Crippen molar-refractivity contribution in [3.05, 3.63) is 59.0 Å². The number of thiocarbonyl (C=S) groups is 1. The molecule has 2 N–H and O–H groups in total. The van der Waals surface area contributed by atoms with Crippen molar-refractivity contribution in [1.29, 1.82) is 0 Å². The predicted octanol–water partition coefficient (Wildman–Crippen LogP) is 4.03. The smallest absolute Gasteiger partial charge is 0.263 e. The molecule has 2 aromatic carbocycles. The first kappa shape index (κ1) is 15.1. The first-order chi connectivity index (χ1) is 10.6. The number of amides is 1. The van der Waals surface area contributed by atoms with Crippen LogP contribution in [0.2, 0.25) is 0 Å². The van der Waals surface area contributed by atoms with Crippen LogP contribution in [0, 0.1) is 0 Å². The first-order valence-corrected chi connectivity index (χ1v) is 8.47. The number of aromatic hydroxyl groups is 1. The second kappa shape index (κ2) is 6.56. The largest absolute Gasteiger partial charge is 0.507 e. The molecule has 22 heavy (non-hydrogen) atoms. The van der Waals surface area contributed by atoms with E-state index in [2.05, 4.69) is 5.32 Å². The van der Waals surface area contributed by atoms with Gasteiger partial charge in [-0.2, -0.15) is 0 Å². The lowest BCUT2D eigenvalue weighted by molar-refractivity contribution is -0.115. The molecular formula is C16H11NO2S3. The first-order valence-electron chi connectivity index (χ1n) is 6.43. The molecule has 0 saturated carbocycles. The molecule has 110 valence electrons. The predicted molar refractivity (Wildman–Crippen MR) is 95.0 cm³/mol. The molecule has 0 radical (unpaired) electrons. The van der Waals surface area contributed by atoms with Crippen LogP contribution in [-0.2, 0) is 4.79 Å². The van der Waals surface area contributed by atoms with E-state index < -0.39 is 0 Å². The van der Waals surface area contributed by atoms with E-state index >= 15 is 0 Å². The van der Waals surface area contributed by atoms with Crippen LogP contribution in [0.4, 0.5) is 0 Å². The molecular weight excluding hydrogens is 334 g/mol. The molecule has 3 rings (SSSR count). The SMILES string of the molecule is O=C1NC(=S)SC1=Cc1ccccc1Sc1ccccc1O. The molecule has 0 bridgehead atoms. The van der Waals surface area contributed by atoms with Gasteiger partial charge in [0, 0.05) is 4.90 Å². The number of nitrogens with one attached hydrogen (secondary N) is 1. The molecule has 1 amide bonds. The number of phenols is 1. The van der Waals surface area contributed by atoms with Gasteiger partial charge in [-0.25, -0.2) is 0 Å². The number of para-hydroxylation sites is 1. The highest BCUT2D eigenvalue weighted by molar-refractivity contribution is 8.26. The summed E-state index contributed by atoms with van der Waals surface area (Å²) in [5.41, 5.74) is 0.915. The third-order valence-corrected chi connectivity index (χ3v) is 5.25. The van der Waals surface area contributed by atoms with Gasteiger partial charge in [0.25, 0.3) is 5.91 Å². The van der Waals surface area contributed by atoms with Crippen molar-refractivity contribution in [1.82, 2.24) is 5.32 Å². The number of hydrogen-bond donors (Lipinski definition) is 2. The minimum Gasteiger partial charge on any atom is -0.507 e. The molecule has 0 atom stereocenters. The number of benzene rings is 2. The van der Waals surface area contributed by atoms with Crippen molar-refractivity contribution < 1.29 is 9.90 Å². The van der Waals surface area contributed by atoms with Crippen LogP contribution in [0.3, 0.4) is 0 Å². The normalized spacial score (nSPS) is 16.1. The van der Waals surface area contributed by atoms with Crippen molar-refractivity contribution in [2.24, 2.45) is 0 Å². The summed E-state index contributed by atoms with van der Waals surface area (Å²) in [5, 5.41) is 12.5. The molecule has 1 aliphatic heterocycles. The third kappa shape index (κ3) is 3.35. The second-order valence-electron chi connectivity index (χ2n) is 4.46. The van der Waals surface area contributed by atoms with E-state index in [4.69, 9.17) is 12.2 Å². The molecule has 1 fully saturated rings. The van der Waals surface area contributed by atoms with E-state index in [-0.39, 0.29) is 11.7 Å². The van der Waals surface area contributed by atoms with Gasteiger partial charge in [0.05, 0.1) is 9.80 Å². The van der Waals surface area contributed by atoms with Crippen LogP contribution in [0.5, 0.6) is 5.75 Å². The zero-order chi connectivity index (χ0) is 15.5. The molecule has 0 aromatic heterocycles. The Hall–Kier alpha value is -1.76. The van der Waals surface area contributed by atoms with Crippen molar-refractivity contribution in [2.75, 3.05) is 0 Å². The molecule has 1 heterocycles. The second-order valence-corrected chi connectivity index (χ2v) is 7.26. The maximum atomic E-state index is 11.8. The van der Waals surface area contributed by atoms with E-state index in [1.54, 1.807) is 12.1 Å². The summed E-state index contributed by atoms with van der Waals surface area (Å²) >= 11 is 7.71. The Morgan fingerprint density at radius 1 is 1.09 bits per heavy atom. The van der Waals surface area contributed by atoms with E-state index in [1.807, 2.05) is 42.5 Å². The van der Waals surface area contributed by atoms with Gasteiger partial charge >= 0.3 is 0 Å². The Morgan fingerprint density at radius 2 is 1.77 bits per heavy atom. The molecule has 6 heteroatoms. The summed E-state index contributed by atoms with van der Waals surface area (Å²) in [4.78, 5) is 14.1. The fraction of sp³-hybridized carbons (Fsp3) is 0. The molecule has 2 aromatic rings. The van der Waals surface area contributed by atoms with Gasteiger partial charge in [-0.15, -0.1) is 0 Å². The van der Waals surface area contributed by atoms with E-state index in [1.165, 1.54) is 23.5 Å². The van der Waals surface area contributed by atoms with Crippen LogP contribution in [0.15, 0.2) is 63.2 Å². The number of hydrogen-bond acceptors (Lipinski definition) is 5. The number of carbonyl (C=O) groups is 1. The van der Waals surface area contributed by atoms with Crippen molar-refractivity contribution in [3.63, 3.8) is 0 Å². The molecule has 0 spiro atoms. The number of phenolic OH excluding ortho intramolecular Hbond substituents is 1. The van der Waals surface area contributed by atoms with Crippen molar-refractivity contribution in [2.45, 2.75) is 9.79 Å². The number of rotatable bonds is 3. The lowest BCUT2D eigenvalue weighted by Crippen LogP contribution is -2.17. The molecule has 1 aliphatic rings. The van der Waals surface area contributed by atoms with E-state index in [0.717, 1.165) is 15.4 Å². The maximum Gasteiger partial charge on any atom is 0.263 e. The Balaban J connectivity index is 1.94. The summed E-state index contributed by atoms with van der Waals surface area (Å²) in [7, 11) is 0. The van der Waals surface area contributed by atoms with E-state index in [0.29, 0.717) is 9.23 Å². The summed E-state index contributed by atoms with van der Waals surface area (Å²) in [5.74, 6) is 0.0708. The Morgan fingerprint density at radius 3 is 2.45 bits per heavy atom. The maximum absolute atomic E-state index is 11.8. The minimum absolute atomic E-state index is 0.169. The fourth-order valence-electron chi connectivity index (χ4n) is 1.92. The lowest BCUT2D eigenvalue weighted by atomic mass is 10.2. The zero-order valence-corrected chi connectivity index (χ0v) is 13.7. The number of thioether (sulfide) groups is 1. The Labute approximate surface area is 141 Å². The fourth-order valence-corrected chi connectivity index (χ4v) is 3.90. The highest BCUT2D eigenvalue weighted by Gasteiger charge is 2.22. The molecule has 0 aliphatic carbocycles. The highest BCUT2D eigenvalue weighted by Crippen LogP contribution is 2.37. The van der Waals surface area contributed by atoms with E-state index in [9.17, 15) is 9.90 Å². The average molecular weight is 345 g/mol. The van der Waals surface area contributed by atoms with Gasteiger partial charge in [0.2, 0.25) is 0 Å². The van der Waals surface area contributed by atoms with Gasteiger partial charge in [-0.05, 0) is 29.8 Å². The van der Waals surface area contributed by atoms with Gasteiger partial charge in [-0.1, -0.05) is 66.1 Å². The van der Waals surface area contributed by atoms with Gasteiger partial charge in [0.1, 0.15) is 10.1 Å². The molecule has 0 unspecified atom stereocenters. The summed E-state index contributed by atoms with van der Waals surface area (Å²) in [6.45, 7) is 0. The van der Waals surface area contributed by atoms with Gasteiger partial charge in [-0.3, -0.25) is 4.79 Å². The minimum atomic E-state index is -0.169. The lowest BCUT2D eigenvalue weighted by Gasteiger charge is -2.07. The standard InChI is InChI=1S/C16H11NO2S3/c18-11-6-2-4-8-13(11)21-12-7-3-1-5-10(12)9-14-15(19)17-16(20)22-14/h1-9,18H,(H,17,19,20). The molecule has 1 saturated heterocycles. The van der Waals surface area contributed by atoms with Gasteiger partial charge < -0.3 is 10.4 Å². The van der Waals surface area contributed by atoms with Crippen molar-refractivity contribution in [3.8, 4) is 5.75 Å².